The molecule has 0 aliphatic heterocycles. The Balaban J connectivity index is 1.26. The molecule has 0 radical (unpaired) electrons. The maximum atomic E-state index is 6.83. The van der Waals surface area contributed by atoms with Crippen LogP contribution in [0.4, 0.5) is 0 Å². The minimum Gasteiger partial charge on any atom is -0.312 e. The van der Waals surface area contributed by atoms with Gasteiger partial charge in [0.05, 0.1) is 17.2 Å². The number of para-hydroxylation sites is 1. The first-order chi connectivity index (χ1) is 23.3. The second-order valence-corrected chi connectivity index (χ2v) is 14.7. The molecule has 0 amide bonds. The third-order valence-corrected chi connectivity index (χ3v) is 10.8. The number of hydrogen-bond donors (Lipinski definition) is 1. The quantitative estimate of drug-likeness (QED) is 0.110. The number of fused-ring (bicyclic) bond motifs is 7. The lowest BCUT2D eigenvalue weighted by molar-refractivity contribution is 0.183. The van der Waals surface area contributed by atoms with Crippen molar-refractivity contribution in [2.45, 2.75) is 31.6 Å². The van der Waals surface area contributed by atoms with Crippen LogP contribution in [0.3, 0.4) is 0 Å². The summed E-state index contributed by atoms with van der Waals surface area (Å²) in [4.78, 5) is 7.39. The number of nitrogens with two attached hydrogens (primary N) is 1. The molecule has 1 aliphatic rings. The van der Waals surface area contributed by atoms with Crippen molar-refractivity contribution in [3.8, 4) is 16.8 Å². The predicted octanol–water partition coefficient (Wildman–Crippen LogP) is 7.79. The topological polar surface area (TPSA) is 46.5 Å². The van der Waals surface area contributed by atoms with Crippen molar-refractivity contribution in [2.24, 2.45) is 10.7 Å². The molecule has 5 heteroatoms. The fourth-order valence-electron chi connectivity index (χ4n) is 7.78. The average Bonchev–Trinajstić information content (AvgIpc) is 3.57. The number of aliphatic imine (C=N–C) groups is 1. The van der Waals surface area contributed by atoms with Gasteiger partial charge in [-0.15, -0.1) is 0 Å². The van der Waals surface area contributed by atoms with Gasteiger partial charge in [0.25, 0.3) is 0 Å². The fourth-order valence-corrected chi connectivity index (χ4v) is 8.30. The predicted molar refractivity (Wildman–Crippen MR) is 206 cm³/mol. The Morgan fingerprint density at radius 2 is 1.46 bits per heavy atom. The third-order valence-electron chi connectivity index (χ3n) is 10.2. The molecule has 1 heterocycles. The number of rotatable bonds is 7. The smallest absolute Gasteiger partial charge is 0.129 e. The zero-order valence-electron chi connectivity index (χ0n) is 27.9. The molecular weight excluding hydrogens is 601 g/mol. The van der Waals surface area contributed by atoms with Crippen LogP contribution in [0.5, 0.6) is 0 Å². The van der Waals surface area contributed by atoms with E-state index in [9.17, 15) is 0 Å². The Morgan fingerprint density at radius 1 is 0.729 bits per heavy atom. The first-order valence-corrected chi connectivity index (χ1v) is 17.7. The molecule has 7 aromatic rings. The summed E-state index contributed by atoms with van der Waals surface area (Å²) in [6.45, 7) is 4.74. The van der Waals surface area contributed by atoms with Crippen molar-refractivity contribution in [3.63, 3.8) is 0 Å². The van der Waals surface area contributed by atoms with Crippen molar-refractivity contribution >= 4 is 43.4 Å². The van der Waals surface area contributed by atoms with E-state index in [0.717, 1.165) is 32.6 Å². The molecule has 0 saturated heterocycles. The summed E-state index contributed by atoms with van der Waals surface area (Å²) in [5.41, 5.74) is 19.0. The Labute approximate surface area is 285 Å². The number of benzene rings is 6. The number of aromatic nitrogens is 1. The first-order valence-electron chi connectivity index (χ1n) is 16.7. The average molecular weight is 641 g/mol. The molecule has 6 aromatic carbocycles. The van der Waals surface area contributed by atoms with Crippen molar-refractivity contribution < 1.29 is 0 Å². The van der Waals surface area contributed by atoms with Gasteiger partial charge < -0.3 is 10.3 Å². The van der Waals surface area contributed by atoms with Crippen LogP contribution in [-0.2, 0) is 5.41 Å². The Kier molecular flexibility index (Phi) is 7.48. The first kappa shape index (κ1) is 30.3. The van der Waals surface area contributed by atoms with Gasteiger partial charge in [-0.2, -0.15) is 0 Å². The van der Waals surface area contributed by atoms with E-state index >= 15 is 0 Å². The standard InChI is InChI=1S/C43H40N4Si/c1-43(2)37-21-9-7-19-33(37)35-23-24-36-34-20-8-10-22-38(34)47(40(36)39(35)43)31-17-11-13-28(25-31)27-45-42(30-16-12-18-32(48)26-30)46(3)41(44)29-14-5-4-6-15-29/h4-27,41-42H,44H2,1-3,48H3/b45-27+. The second kappa shape index (κ2) is 11.9. The zero-order chi connectivity index (χ0) is 33.0. The molecule has 236 valence electrons. The highest BCUT2D eigenvalue weighted by Crippen LogP contribution is 2.52. The SMILES string of the molecule is CN(C(N)c1ccccc1)C(/N=C/c1cccc(-n2c3ccccc3c3ccc4c(c32)C(C)(C)c2ccccc2-4)c1)c1cccc([SiH3])c1. The molecule has 8 rings (SSSR count). The minimum absolute atomic E-state index is 0.136. The van der Waals surface area contributed by atoms with Crippen molar-refractivity contribution in [2.75, 3.05) is 7.05 Å². The lowest BCUT2D eigenvalue weighted by Gasteiger charge is -2.31. The van der Waals surface area contributed by atoms with Gasteiger partial charge in [-0.25, -0.2) is 0 Å². The highest BCUT2D eigenvalue weighted by atomic mass is 28.1. The third kappa shape index (κ3) is 4.94. The molecule has 1 aliphatic carbocycles. The zero-order valence-corrected chi connectivity index (χ0v) is 29.9. The maximum Gasteiger partial charge on any atom is 0.129 e. The Bertz CT molecular complexity index is 2340. The highest BCUT2D eigenvalue weighted by Gasteiger charge is 2.38. The molecule has 48 heavy (non-hydrogen) atoms. The van der Waals surface area contributed by atoms with E-state index in [2.05, 4.69) is 152 Å². The van der Waals surface area contributed by atoms with Crippen LogP contribution in [0.25, 0.3) is 38.6 Å². The van der Waals surface area contributed by atoms with Crippen molar-refractivity contribution in [3.05, 3.63) is 167 Å². The summed E-state index contributed by atoms with van der Waals surface area (Å²) < 4.78 is 2.47. The molecular formula is C43H40N4Si. The van der Waals surface area contributed by atoms with Gasteiger partial charge in [0.2, 0.25) is 0 Å². The van der Waals surface area contributed by atoms with Gasteiger partial charge in [-0.05, 0) is 64.2 Å². The summed E-state index contributed by atoms with van der Waals surface area (Å²) in [5.74, 6) is 0. The number of hydrogen-bond acceptors (Lipinski definition) is 3. The molecule has 0 saturated carbocycles. The van der Waals surface area contributed by atoms with Crippen LogP contribution in [0.15, 0.2) is 145 Å². The molecule has 0 spiro atoms. The second-order valence-electron chi connectivity index (χ2n) is 13.6. The molecule has 4 nitrogen and oxygen atoms in total. The molecule has 2 unspecified atom stereocenters. The monoisotopic (exact) mass is 640 g/mol. The summed E-state index contributed by atoms with van der Waals surface area (Å²) in [7, 11) is 3.04. The van der Waals surface area contributed by atoms with E-state index in [1.165, 1.54) is 49.2 Å². The lowest BCUT2D eigenvalue weighted by Crippen LogP contribution is -2.34. The lowest BCUT2D eigenvalue weighted by atomic mass is 9.81. The van der Waals surface area contributed by atoms with Gasteiger partial charge >= 0.3 is 0 Å². The molecule has 2 N–H and O–H groups in total. The van der Waals surface area contributed by atoms with Crippen LogP contribution in [-0.4, -0.2) is 33.0 Å². The fraction of sp³-hybridized carbons (Fsp3) is 0.140. The van der Waals surface area contributed by atoms with Gasteiger partial charge in [-0.1, -0.05) is 140 Å². The van der Waals surface area contributed by atoms with E-state index in [1.54, 1.807) is 0 Å². The van der Waals surface area contributed by atoms with Gasteiger partial charge in [0.1, 0.15) is 6.17 Å². The highest BCUT2D eigenvalue weighted by molar-refractivity contribution is 6.32. The van der Waals surface area contributed by atoms with E-state index in [-0.39, 0.29) is 17.7 Å². The van der Waals surface area contributed by atoms with Gasteiger partial charge in [0, 0.05) is 38.3 Å². The van der Waals surface area contributed by atoms with Crippen LogP contribution >= 0.6 is 0 Å². The summed E-state index contributed by atoms with van der Waals surface area (Å²) >= 11 is 0. The summed E-state index contributed by atoms with van der Waals surface area (Å²) in [5, 5.41) is 3.88. The normalized spacial score (nSPS) is 14.9. The number of nitrogens with zero attached hydrogens (tertiary/aromatic N) is 3. The minimum atomic E-state index is -0.301. The molecule has 1 aromatic heterocycles. The maximum absolute atomic E-state index is 6.83. The molecule has 0 fully saturated rings. The van der Waals surface area contributed by atoms with E-state index in [4.69, 9.17) is 10.7 Å². The van der Waals surface area contributed by atoms with E-state index in [1.807, 2.05) is 24.4 Å². The van der Waals surface area contributed by atoms with E-state index < -0.39 is 0 Å². The van der Waals surface area contributed by atoms with Crippen LogP contribution < -0.4 is 10.9 Å². The largest absolute Gasteiger partial charge is 0.312 e. The summed E-state index contributed by atoms with van der Waals surface area (Å²) in [6, 6.07) is 50.1. The van der Waals surface area contributed by atoms with Gasteiger partial charge in [-0.3, -0.25) is 9.89 Å². The Morgan fingerprint density at radius 3 is 2.29 bits per heavy atom. The van der Waals surface area contributed by atoms with Crippen molar-refractivity contribution in [1.29, 1.82) is 0 Å². The van der Waals surface area contributed by atoms with Gasteiger partial charge in [0.15, 0.2) is 0 Å². The van der Waals surface area contributed by atoms with Crippen LogP contribution in [0.1, 0.15) is 54.0 Å². The van der Waals surface area contributed by atoms with Crippen molar-refractivity contribution in [1.82, 2.24) is 9.47 Å². The van der Waals surface area contributed by atoms with Crippen LogP contribution in [0, 0.1) is 0 Å². The van der Waals surface area contributed by atoms with E-state index in [0.29, 0.717) is 0 Å². The molecule has 2 atom stereocenters. The summed E-state index contributed by atoms with van der Waals surface area (Å²) in [6.07, 6.45) is 1.47. The Hall–Kier alpha value is -5.07. The van der Waals surface area contributed by atoms with Crippen LogP contribution in [0.2, 0.25) is 0 Å². The molecule has 0 bridgehead atoms.